The Bertz CT molecular complexity index is 548. The summed E-state index contributed by atoms with van der Waals surface area (Å²) < 4.78 is 27.2. The lowest BCUT2D eigenvalue weighted by molar-refractivity contribution is 0.202. The first kappa shape index (κ1) is 16.9. The topological polar surface area (TPSA) is 52.7 Å². The van der Waals surface area contributed by atoms with Crippen molar-refractivity contribution in [1.29, 1.82) is 0 Å². The van der Waals surface area contributed by atoms with Crippen LogP contribution >= 0.6 is 11.3 Å². The molecule has 21 heavy (non-hydrogen) atoms. The molecular formula is C14H25N3O2S2. The van der Waals surface area contributed by atoms with Gasteiger partial charge in [-0.05, 0) is 63.0 Å². The van der Waals surface area contributed by atoms with Gasteiger partial charge in [-0.25, -0.2) is 8.42 Å². The number of hydrogen-bond acceptors (Lipinski definition) is 5. The van der Waals surface area contributed by atoms with Gasteiger partial charge in [-0.3, -0.25) is 0 Å². The van der Waals surface area contributed by atoms with Gasteiger partial charge < -0.3 is 10.2 Å². The normalized spacial score (nSPS) is 18.5. The van der Waals surface area contributed by atoms with Crippen molar-refractivity contribution < 1.29 is 8.42 Å². The highest BCUT2D eigenvalue weighted by atomic mass is 32.2. The summed E-state index contributed by atoms with van der Waals surface area (Å²) in [5.41, 5.74) is 1.02. The maximum absolute atomic E-state index is 12.6. The van der Waals surface area contributed by atoms with Gasteiger partial charge in [0.05, 0.1) is 0 Å². The van der Waals surface area contributed by atoms with E-state index in [-0.39, 0.29) is 0 Å². The van der Waals surface area contributed by atoms with Gasteiger partial charge in [-0.1, -0.05) is 0 Å². The molecule has 0 aromatic carbocycles. The van der Waals surface area contributed by atoms with Crippen LogP contribution in [0.2, 0.25) is 0 Å². The Morgan fingerprint density at radius 3 is 2.71 bits per heavy atom. The number of piperidine rings is 1. The average Bonchev–Trinajstić information content (AvgIpc) is 2.91. The SMILES string of the molecule is CNCc1csc(S(=O)(=O)N(C)CC2CCN(C)CC2)c1. The van der Waals surface area contributed by atoms with Crippen LogP contribution in [-0.4, -0.2) is 58.4 Å². The van der Waals surface area contributed by atoms with Crippen LogP contribution in [0.4, 0.5) is 0 Å². The average molecular weight is 332 g/mol. The van der Waals surface area contributed by atoms with Crippen LogP contribution in [0.3, 0.4) is 0 Å². The first-order valence-corrected chi connectivity index (χ1v) is 9.62. The Balaban J connectivity index is 2.00. The summed E-state index contributed by atoms with van der Waals surface area (Å²) in [6, 6.07) is 1.78. The van der Waals surface area contributed by atoms with E-state index in [2.05, 4.69) is 17.3 Å². The zero-order chi connectivity index (χ0) is 15.5. The van der Waals surface area contributed by atoms with Crippen LogP contribution < -0.4 is 5.32 Å². The number of thiophene rings is 1. The van der Waals surface area contributed by atoms with Gasteiger partial charge >= 0.3 is 0 Å². The minimum absolute atomic E-state index is 0.447. The summed E-state index contributed by atoms with van der Waals surface area (Å²) in [7, 11) is 2.34. The Morgan fingerprint density at radius 1 is 1.43 bits per heavy atom. The molecule has 0 saturated carbocycles. The Kier molecular flexibility index (Phi) is 5.79. The van der Waals surface area contributed by atoms with Crippen molar-refractivity contribution in [3.8, 4) is 0 Å². The minimum Gasteiger partial charge on any atom is -0.316 e. The molecule has 1 aromatic rings. The Morgan fingerprint density at radius 2 is 2.10 bits per heavy atom. The number of likely N-dealkylation sites (tertiary alicyclic amines) is 1. The molecule has 1 aliphatic rings. The third-order valence-electron chi connectivity index (χ3n) is 4.03. The molecule has 0 amide bonds. The maximum Gasteiger partial charge on any atom is 0.252 e. The quantitative estimate of drug-likeness (QED) is 0.857. The summed E-state index contributed by atoms with van der Waals surface area (Å²) in [4.78, 5) is 2.30. The molecule has 120 valence electrons. The number of rotatable bonds is 6. The van der Waals surface area contributed by atoms with Crippen molar-refractivity contribution in [2.75, 3.05) is 40.8 Å². The molecule has 0 spiro atoms. The summed E-state index contributed by atoms with van der Waals surface area (Å²) >= 11 is 1.31. The Labute approximate surface area is 132 Å². The van der Waals surface area contributed by atoms with E-state index >= 15 is 0 Å². The van der Waals surface area contributed by atoms with Crippen LogP contribution in [0, 0.1) is 5.92 Å². The van der Waals surface area contributed by atoms with Gasteiger partial charge in [-0.15, -0.1) is 11.3 Å². The van der Waals surface area contributed by atoms with Crippen LogP contribution in [0.1, 0.15) is 18.4 Å². The fraction of sp³-hybridized carbons (Fsp3) is 0.714. The second-order valence-corrected chi connectivity index (χ2v) is 9.02. The molecule has 0 radical (unpaired) electrons. The smallest absolute Gasteiger partial charge is 0.252 e. The first-order valence-electron chi connectivity index (χ1n) is 7.30. The largest absolute Gasteiger partial charge is 0.316 e. The molecule has 0 aliphatic carbocycles. The van der Waals surface area contributed by atoms with Crippen molar-refractivity contribution in [3.05, 3.63) is 17.0 Å². The number of sulfonamides is 1. The van der Waals surface area contributed by atoms with Gasteiger partial charge in [0.2, 0.25) is 0 Å². The Hall–Kier alpha value is -0.470. The minimum atomic E-state index is -3.34. The molecule has 0 atom stereocenters. The standard InChI is InChI=1S/C14H25N3O2S2/c1-15-9-13-8-14(20-11-13)21(18,19)17(3)10-12-4-6-16(2)7-5-12/h8,11-12,15H,4-7,9-10H2,1-3H3. The van der Waals surface area contributed by atoms with E-state index in [0.717, 1.165) is 31.5 Å². The third kappa shape index (κ3) is 4.26. The van der Waals surface area contributed by atoms with E-state index in [1.54, 1.807) is 13.1 Å². The van der Waals surface area contributed by atoms with Gasteiger partial charge in [-0.2, -0.15) is 4.31 Å². The summed E-state index contributed by atoms with van der Waals surface area (Å²) in [6.45, 7) is 3.44. The lowest BCUT2D eigenvalue weighted by Crippen LogP contribution is -2.37. The molecule has 0 unspecified atom stereocenters. The van der Waals surface area contributed by atoms with Gasteiger partial charge in [0.1, 0.15) is 4.21 Å². The maximum atomic E-state index is 12.6. The molecular weight excluding hydrogens is 306 g/mol. The fourth-order valence-electron chi connectivity index (χ4n) is 2.65. The summed E-state index contributed by atoms with van der Waals surface area (Å²) in [6.07, 6.45) is 2.15. The second kappa shape index (κ2) is 7.19. The van der Waals surface area contributed by atoms with Crippen molar-refractivity contribution >= 4 is 21.4 Å². The van der Waals surface area contributed by atoms with Crippen molar-refractivity contribution in [3.63, 3.8) is 0 Å². The lowest BCUT2D eigenvalue weighted by Gasteiger charge is -2.31. The summed E-state index contributed by atoms with van der Waals surface area (Å²) in [5.74, 6) is 0.470. The van der Waals surface area contributed by atoms with Crippen LogP contribution in [0.5, 0.6) is 0 Å². The molecule has 1 N–H and O–H groups in total. The van der Waals surface area contributed by atoms with E-state index in [0.29, 0.717) is 23.2 Å². The molecule has 2 rings (SSSR count). The fourth-order valence-corrected chi connectivity index (χ4v) is 5.31. The van der Waals surface area contributed by atoms with E-state index < -0.39 is 10.0 Å². The molecule has 5 nitrogen and oxygen atoms in total. The predicted octanol–water partition coefficient (Wildman–Crippen LogP) is 1.43. The van der Waals surface area contributed by atoms with E-state index in [4.69, 9.17) is 0 Å². The number of nitrogens with one attached hydrogen (secondary N) is 1. The lowest BCUT2D eigenvalue weighted by atomic mass is 9.97. The molecule has 2 heterocycles. The van der Waals surface area contributed by atoms with Crippen molar-refractivity contribution in [2.24, 2.45) is 5.92 Å². The molecule has 0 bridgehead atoms. The molecule has 7 heteroatoms. The van der Waals surface area contributed by atoms with Gasteiger partial charge in [0.15, 0.2) is 0 Å². The molecule has 1 aromatic heterocycles. The van der Waals surface area contributed by atoms with Crippen molar-refractivity contribution in [2.45, 2.75) is 23.6 Å². The highest BCUT2D eigenvalue weighted by Crippen LogP contribution is 2.25. The monoisotopic (exact) mass is 331 g/mol. The third-order valence-corrected chi connectivity index (χ3v) is 7.32. The van der Waals surface area contributed by atoms with Crippen molar-refractivity contribution in [1.82, 2.24) is 14.5 Å². The van der Waals surface area contributed by atoms with Crippen LogP contribution in [0.25, 0.3) is 0 Å². The van der Waals surface area contributed by atoms with E-state index in [9.17, 15) is 8.42 Å². The summed E-state index contributed by atoms with van der Waals surface area (Å²) in [5, 5.41) is 4.95. The van der Waals surface area contributed by atoms with Crippen LogP contribution in [-0.2, 0) is 16.6 Å². The molecule has 1 saturated heterocycles. The molecule has 1 fully saturated rings. The first-order chi connectivity index (χ1) is 9.93. The zero-order valence-corrected chi connectivity index (χ0v) is 14.6. The van der Waals surface area contributed by atoms with Gasteiger partial charge in [0.25, 0.3) is 10.0 Å². The highest BCUT2D eigenvalue weighted by molar-refractivity contribution is 7.91. The number of nitrogens with zero attached hydrogens (tertiary/aromatic N) is 2. The van der Waals surface area contributed by atoms with E-state index in [1.807, 2.05) is 12.4 Å². The van der Waals surface area contributed by atoms with E-state index in [1.165, 1.54) is 15.6 Å². The number of hydrogen-bond donors (Lipinski definition) is 1. The predicted molar refractivity (Wildman–Crippen MR) is 87.1 cm³/mol. The zero-order valence-electron chi connectivity index (χ0n) is 13.0. The van der Waals surface area contributed by atoms with Crippen LogP contribution in [0.15, 0.2) is 15.7 Å². The highest BCUT2D eigenvalue weighted by Gasteiger charge is 2.26. The second-order valence-electron chi connectivity index (χ2n) is 5.84. The van der Waals surface area contributed by atoms with Gasteiger partial charge in [0, 0.05) is 20.1 Å². The molecule has 1 aliphatic heterocycles.